The zero-order valence-electron chi connectivity index (χ0n) is 13.5. The van der Waals surface area contributed by atoms with Crippen LogP contribution in [0.2, 0.25) is 0 Å². The first kappa shape index (κ1) is 18.5. The van der Waals surface area contributed by atoms with Crippen molar-refractivity contribution in [2.45, 2.75) is 37.6 Å². The van der Waals surface area contributed by atoms with E-state index in [4.69, 9.17) is 4.74 Å². The molecule has 25 heavy (non-hydrogen) atoms. The van der Waals surface area contributed by atoms with Crippen molar-refractivity contribution in [3.63, 3.8) is 0 Å². The molecule has 2 aliphatic rings. The number of thioether (sulfide) groups is 1. The van der Waals surface area contributed by atoms with Crippen LogP contribution < -0.4 is 0 Å². The third-order valence-electron chi connectivity index (χ3n) is 4.55. The van der Waals surface area contributed by atoms with E-state index in [1.54, 1.807) is 16.7 Å². The van der Waals surface area contributed by atoms with Gasteiger partial charge in [-0.05, 0) is 43.2 Å². The molecule has 0 spiro atoms. The number of hydrogen-bond acceptors (Lipinski definition) is 3. The molecular formula is C17H19F4NO2S. The molecule has 0 aliphatic carbocycles. The second-order valence-corrected chi connectivity index (χ2v) is 7.45. The molecule has 2 aliphatic heterocycles. The fourth-order valence-electron chi connectivity index (χ4n) is 3.21. The quantitative estimate of drug-likeness (QED) is 0.744. The Hall–Kier alpha value is -1.28. The third kappa shape index (κ3) is 4.28. The van der Waals surface area contributed by atoms with E-state index in [1.807, 2.05) is 0 Å². The molecule has 2 unspecified atom stereocenters. The van der Waals surface area contributed by atoms with Gasteiger partial charge in [0.1, 0.15) is 5.82 Å². The summed E-state index contributed by atoms with van der Waals surface area (Å²) in [6.07, 6.45) is -2.36. The van der Waals surface area contributed by atoms with Crippen molar-refractivity contribution in [3.05, 3.63) is 35.1 Å². The van der Waals surface area contributed by atoms with Gasteiger partial charge in [-0.25, -0.2) is 4.39 Å². The molecule has 2 atom stereocenters. The predicted octanol–water partition coefficient (Wildman–Crippen LogP) is 3.97. The smallest absolute Gasteiger partial charge is 0.376 e. The minimum Gasteiger partial charge on any atom is -0.376 e. The number of amides is 1. The molecule has 138 valence electrons. The molecule has 1 aromatic carbocycles. The lowest BCUT2D eigenvalue weighted by molar-refractivity contribution is -0.140. The summed E-state index contributed by atoms with van der Waals surface area (Å²) in [5.74, 6) is -0.192. The van der Waals surface area contributed by atoms with Crippen LogP contribution in [0.5, 0.6) is 0 Å². The molecule has 2 saturated heterocycles. The first-order valence-corrected chi connectivity index (χ1v) is 9.39. The Morgan fingerprint density at radius 3 is 2.72 bits per heavy atom. The van der Waals surface area contributed by atoms with Crippen molar-refractivity contribution >= 4 is 17.7 Å². The van der Waals surface area contributed by atoms with Crippen LogP contribution in [0.4, 0.5) is 17.6 Å². The lowest BCUT2D eigenvalue weighted by Crippen LogP contribution is -2.44. The highest BCUT2D eigenvalue weighted by Crippen LogP contribution is 2.33. The maximum atomic E-state index is 13.5. The monoisotopic (exact) mass is 377 g/mol. The molecule has 3 nitrogen and oxygen atoms in total. The van der Waals surface area contributed by atoms with Gasteiger partial charge in [0.25, 0.3) is 5.91 Å². The van der Waals surface area contributed by atoms with Gasteiger partial charge in [0.05, 0.1) is 11.7 Å². The van der Waals surface area contributed by atoms with Gasteiger partial charge in [0, 0.05) is 30.5 Å². The summed E-state index contributed by atoms with van der Waals surface area (Å²) in [5, 5.41) is 0. The Morgan fingerprint density at radius 2 is 2.12 bits per heavy atom. The molecule has 0 bridgehead atoms. The molecule has 0 radical (unpaired) electrons. The number of carbonyl (C=O) groups excluding carboxylic acids is 1. The van der Waals surface area contributed by atoms with Gasteiger partial charge in [0.2, 0.25) is 0 Å². The molecule has 1 amide bonds. The number of carbonyl (C=O) groups is 1. The fourth-order valence-corrected chi connectivity index (χ4v) is 4.44. The van der Waals surface area contributed by atoms with Crippen LogP contribution in [-0.4, -0.2) is 47.6 Å². The summed E-state index contributed by atoms with van der Waals surface area (Å²) >= 11 is 1.72. The zero-order chi connectivity index (χ0) is 18.0. The van der Waals surface area contributed by atoms with Gasteiger partial charge in [-0.3, -0.25) is 4.79 Å². The van der Waals surface area contributed by atoms with Crippen LogP contribution >= 0.6 is 11.8 Å². The predicted molar refractivity (Wildman–Crippen MR) is 87.1 cm³/mol. The fraction of sp³-hybridized carbons (Fsp3) is 0.588. The summed E-state index contributed by atoms with van der Waals surface area (Å²) in [4.78, 5) is 14.5. The summed E-state index contributed by atoms with van der Waals surface area (Å²) < 4.78 is 57.9. The minimum atomic E-state index is -4.83. The van der Waals surface area contributed by atoms with Crippen LogP contribution in [0, 0.1) is 5.82 Å². The van der Waals surface area contributed by atoms with Crippen LogP contribution in [-0.2, 0) is 10.9 Å². The third-order valence-corrected chi connectivity index (χ3v) is 5.70. The maximum absolute atomic E-state index is 13.5. The van der Waals surface area contributed by atoms with Gasteiger partial charge in [0.15, 0.2) is 0 Å². The second kappa shape index (κ2) is 7.53. The molecule has 0 N–H and O–H groups in total. The SMILES string of the molecule is O=C(c1ccc(F)c(C(F)(F)F)c1)N(CC1CCCO1)C1CCSC1. The average Bonchev–Trinajstić information content (AvgIpc) is 3.25. The topological polar surface area (TPSA) is 29.5 Å². The van der Waals surface area contributed by atoms with Gasteiger partial charge >= 0.3 is 6.18 Å². The highest BCUT2D eigenvalue weighted by atomic mass is 32.2. The molecular weight excluding hydrogens is 358 g/mol. The van der Waals surface area contributed by atoms with Crippen molar-refractivity contribution in [2.24, 2.45) is 0 Å². The van der Waals surface area contributed by atoms with E-state index in [0.29, 0.717) is 25.3 Å². The number of hydrogen-bond donors (Lipinski definition) is 0. The van der Waals surface area contributed by atoms with E-state index in [-0.39, 0.29) is 17.7 Å². The van der Waals surface area contributed by atoms with Crippen LogP contribution in [0.1, 0.15) is 35.2 Å². The number of rotatable bonds is 4. The van der Waals surface area contributed by atoms with Gasteiger partial charge in [-0.2, -0.15) is 24.9 Å². The van der Waals surface area contributed by atoms with E-state index >= 15 is 0 Å². The standard InChI is InChI=1S/C17H19F4NO2S/c18-15-4-3-11(8-14(15)17(19,20)21)16(23)22(12-5-7-25-10-12)9-13-2-1-6-24-13/h3-4,8,12-13H,1-2,5-7,9-10H2. The molecule has 0 aromatic heterocycles. The van der Waals surface area contributed by atoms with E-state index in [2.05, 4.69) is 0 Å². The largest absolute Gasteiger partial charge is 0.419 e. The molecule has 3 rings (SSSR count). The van der Waals surface area contributed by atoms with Crippen molar-refractivity contribution in [1.82, 2.24) is 4.90 Å². The number of benzene rings is 1. The Labute approximate surface area is 147 Å². The van der Waals surface area contributed by atoms with Crippen molar-refractivity contribution in [3.8, 4) is 0 Å². The maximum Gasteiger partial charge on any atom is 0.419 e. The van der Waals surface area contributed by atoms with Crippen molar-refractivity contribution in [2.75, 3.05) is 24.7 Å². The average molecular weight is 377 g/mol. The Morgan fingerprint density at radius 1 is 1.32 bits per heavy atom. The highest BCUT2D eigenvalue weighted by molar-refractivity contribution is 7.99. The Bertz CT molecular complexity index is 626. The van der Waals surface area contributed by atoms with Gasteiger partial charge in [-0.1, -0.05) is 0 Å². The first-order chi connectivity index (χ1) is 11.9. The van der Waals surface area contributed by atoms with Crippen LogP contribution in [0.3, 0.4) is 0 Å². The number of alkyl halides is 3. The van der Waals surface area contributed by atoms with Crippen molar-refractivity contribution in [1.29, 1.82) is 0 Å². The van der Waals surface area contributed by atoms with Gasteiger partial charge < -0.3 is 9.64 Å². The molecule has 8 heteroatoms. The Balaban J connectivity index is 1.86. The lowest BCUT2D eigenvalue weighted by Gasteiger charge is -2.31. The number of nitrogens with zero attached hydrogens (tertiary/aromatic N) is 1. The van der Waals surface area contributed by atoms with E-state index < -0.39 is 23.5 Å². The molecule has 1 aromatic rings. The van der Waals surface area contributed by atoms with E-state index in [0.717, 1.165) is 36.8 Å². The first-order valence-electron chi connectivity index (χ1n) is 8.23. The number of halogens is 4. The molecule has 0 saturated carbocycles. The van der Waals surface area contributed by atoms with E-state index in [1.165, 1.54) is 0 Å². The summed E-state index contributed by atoms with van der Waals surface area (Å²) in [7, 11) is 0. The summed E-state index contributed by atoms with van der Waals surface area (Å²) in [6.45, 7) is 1.00. The normalized spacial score (nSPS) is 23.8. The highest BCUT2D eigenvalue weighted by Gasteiger charge is 2.36. The van der Waals surface area contributed by atoms with Crippen LogP contribution in [0.15, 0.2) is 18.2 Å². The molecule has 2 fully saturated rings. The summed E-state index contributed by atoms with van der Waals surface area (Å²) in [6, 6.07) is 2.42. The Kier molecular flexibility index (Phi) is 5.58. The second-order valence-electron chi connectivity index (χ2n) is 6.30. The summed E-state index contributed by atoms with van der Waals surface area (Å²) in [5.41, 5.74) is -1.54. The van der Waals surface area contributed by atoms with Gasteiger partial charge in [-0.15, -0.1) is 0 Å². The molecule has 2 heterocycles. The lowest BCUT2D eigenvalue weighted by atomic mass is 10.1. The zero-order valence-corrected chi connectivity index (χ0v) is 14.3. The van der Waals surface area contributed by atoms with E-state index in [9.17, 15) is 22.4 Å². The van der Waals surface area contributed by atoms with Crippen molar-refractivity contribution < 1.29 is 27.1 Å². The number of ether oxygens (including phenoxy) is 1. The minimum absolute atomic E-state index is 0.0268. The van der Waals surface area contributed by atoms with Crippen LogP contribution in [0.25, 0.3) is 0 Å².